The van der Waals surface area contributed by atoms with E-state index in [-0.39, 0.29) is 5.56 Å². The van der Waals surface area contributed by atoms with Gasteiger partial charge in [-0.05, 0) is 29.7 Å². The summed E-state index contributed by atoms with van der Waals surface area (Å²) in [5.41, 5.74) is 7.89. The Labute approximate surface area is 135 Å². The van der Waals surface area contributed by atoms with Crippen molar-refractivity contribution in [3.63, 3.8) is 0 Å². The van der Waals surface area contributed by atoms with E-state index in [9.17, 15) is 9.59 Å². The van der Waals surface area contributed by atoms with Crippen LogP contribution in [0.25, 0.3) is 38.2 Å². The number of nitrogens with two attached hydrogens (primary N) is 1. The molecule has 5 aromatic rings. The summed E-state index contributed by atoms with van der Waals surface area (Å²) in [7, 11) is 0. The maximum Gasteiger partial charge on any atom is 0.264 e. The van der Waals surface area contributed by atoms with Crippen LogP contribution in [0.15, 0.2) is 59.4 Å². The van der Waals surface area contributed by atoms with Gasteiger partial charge in [-0.15, -0.1) is 0 Å². The molecule has 0 atom stereocenters. The maximum absolute atomic E-state index is 13.1. The fraction of sp³-hybridized carbons (Fsp3) is 0. The molecule has 0 aliphatic carbocycles. The number of pyridine rings is 1. The molecule has 24 heavy (non-hydrogen) atoms. The highest BCUT2D eigenvalue weighted by Crippen LogP contribution is 2.31. The fourth-order valence-corrected chi connectivity index (χ4v) is 3.52. The number of carbonyl (C=O) groups excluding carboxylic acids is 1. The van der Waals surface area contributed by atoms with Crippen LogP contribution in [0, 0.1) is 0 Å². The van der Waals surface area contributed by atoms with Gasteiger partial charge in [-0.2, -0.15) is 0 Å². The second kappa shape index (κ2) is 4.29. The Morgan fingerprint density at radius 2 is 1.71 bits per heavy atom. The van der Waals surface area contributed by atoms with E-state index >= 15 is 0 Å². The van der Waals surface area contributed by atoms with Crippen molar-refractivity contribution in [2.75, 3.05) is 0 Å². The molecule has 0 unspecified atom stereocenters. The highest BCUT2D eigenvalue weighted by Gasteiger charge is 2.18. The second-order valence-electron chi connectivity index (χ2n) is 5.82. The normalized spacial score (nSPS) is 11.8. The Balaban J connectivity index is 2.18. The lowest BCUT2D eigenvalue weighted by molar-refractivity contribution is 0.100. The number of benzene rings is 3. The third-order valence-electron chi connectivity index (χ3n) is 4.54. The van der Waals surface area contributed by atoms with Gasteiger partial charge in [-0.25, -0.2) is 4.98 Å². The number of rotatable bonds is 1. The predicted molar refractivity (Wildman–Crippen MR) is 93.7 cm³/mol. The van der Waals surface area contributed by atoms with Crippen molar-refractivity contribution in [3.05, 3.63) is 70.5 Å². The molecule has 0 saturated heterocycles. The average Bonchev–Trinajstić information content (AvgIpc) is 2.98. The van der Waals surface area contributed by atoms with E-state index in [1.807, 2.05) is 42.5 Å². The first kappa shape index (κ1) is 13.0. The summed E-state index contributed by atoms with van der Waals surface area (Å²) >= 11 is 0. The molecule has 114 valence electrons. The van der Waals surface area contributed by atoms with Crippen molar-refractivity contribution in [2.45, 2.75) is 0 Å². The van der Waals surface area contributed by atoms with E-state index in [1.54, 1.807) is 16.5 Å². The third-order valence-corrected chi connectivity index (χ3v) is 4.54. The minimum absolute atomic E-state index is 0.140. The van der Waals surface area contributed by atoms with Crippen LogP contribution in [0.5, 0.6) is 0 Å². The molecule has 5 nitrogen and oxygen atoms in total. The number of fused-ring (bicyclic) bond motifs is 4. The summed E-state index contributed by atoms with van der Waals surface area (Å²) in [4.78, 5) is 29.4. The van der Waals surface area contributed by atoms with Crippen molar-refractivity contribution in [1.82, 2.24) is 9.38 Å². The molecule has 3 aromatic carbocycles. The molecule has 1 amide bonds. The highest BCUT2D eigenvalue weighted by molar-refractivity contribution is 6.20. The van der Waals surface area contributed by atoms with Gasteiger partial charge in [-0.3, -0.25) is 14.0 Å². The van der Waals surface area contributed by atoms with Gasteiger partial charge in [0.2, 0.25) is 5.91 Å². The molecule has 5 heteroatoms. The van der Waals surface area contributed by atoms with Crippen LogP contribution in [0.3, 0.4) is 0 Å². The van der Waals surface area contributed by atoms with Gasteiger partial charge in [0.1, 0.15) is 5.65 Å². The molecule has 2 aromatic heterocycles. The lowest BCUT2D eigenvalue weighted by Crippen LogP contribution is -2.15. The number of carbonyl (C=O) groups is 1. The molecule has 2 heterocycles. The standard InChI is InChI=1S/C19H11N3O2/c20-17(23)11-8-9-13-16-10(11)4-3-5-12(16)18-21-14-6-1-2-7-15(14)22(18)19(13)24/h1-9H,(H2,20,23). The first-order valence-electron chi connectivity index (χ1n) is 7.55. The van der Waals surface area contributed by atoms with E-state index in [0.29, 0.717) is 22.0 Å². The molecule has 0 radical (unpaired) electrons. The van der Waals surface area contributed by atoms with Crippen LogP contribution in [-0.4, -0.2) is 15.3 Å². The van der Waals surface area contributed by atoms with Crippen LogP contribution in [0.4, 0.5) is 0 Å². The Bertz CT molecular complexity index is 1350. The van der Waals surface area contributed by atoms with Crippen LogP contribution < -0.4 is 11.3 Å². The molecular formula is C19H11N3O2. The number of primary amides is 1. The topological polar surface area (TPSA) is 77.5 Å². The predicted octanol–water partition coefficient (Wildman–Crippen LogP) is 2.69. The number of nitrogens with zero attached hydrogens (tertiary/aromatic N) is 2. The van der Waals surface area contributed by atoms with E-state index in [2.05, 4.69) is 4.98 Å². The zero-order valence-electron chi connectivity index (χ0n) is 12.5. The molecule has 0 bridgehead atoms. The van der Waals surface area contributed by atoms with E-state index < -0.39 is 5.91 Å². The van der Waals surface area contributed by atoms with E-state index in [0.717, 1.165) is 21.8 Å². The number of amides is 1. The van der Waals surface area contributed by atoms with Gasteiger partial charge in [0.15, 0.2) is 0 Å². The molecule has 0 saturated carbocycles. The molecular weight excluding hydrogens is 302 g/mol. The molecule has 0 aliphatic heterocycles. The number of hydrogen-bond acceptors (Lipinski definition) is 3. The summed E-state index contributed by atoms with van der Waals surface area (Å²) < 4.78 is 1.64. The SMILES string of the molecule is NC(=O)c1ccc2c(=O)n3c4ccccc4nc3c3cccc1c23. The minimum Gasteiger partial charge on any atom is -0.366 e. The lowest BCUT2D eigenvalue weighted by Gasteiger charge is -2.09. The monoisotopic (exact) mass is 313 g/mol. The first-order valence-corrected chi connectivity index (χ1v) is 7.55. The number of hydrogen-bond donors (Lipinski definition) is 1. The Hall–Kier alpha value is -3.47. The molecule has 5 rings (SSSR count). The summed E-state index contributed by atoms with van der Waals surface area (Å²) in [5.74, 6) is -0.509. The molecule has 0 fully saturated rings. The molecule has 0 aliphatic rings. The minimum atomic E-state index is -0.509. The van der Waals surface area contributed by atoms with Crippen LogP contribution in [0.2, 0.25) is 0 Å². The van der Waals surface area contributed by atoms with Crippen molar-refractivity contribution < 1.29 is 4.79 Å². The van der Waals surface area contributed by atoms with Gasteiger partial charge < -0.3 is 5.73 Å². The summed E-state index contributed by atoms with van der Waals surface area (Å²) in [6.45, 7) is 0. The zero-order valence-corrected chi connectivity index (χ0v) is 12.5. The Morgan fingerprint density at radius 1 is 0.917 bits per heavy atom. The summed E-state index contributed by atoms with van der Waals surface area (Å²) in [6.07, 6.45) is 0. The van der Waals surface area contributed by atoms with Crippen molar-refractivity contribution in [2.24, 2.45) is 5.73 Å². The maximum atomic E-state index is 13.1. The second-order valence-corrected chi connectivity index (χ2v) is 5.82. The van der Waals surface area contributed by atoms with Crippen LogP contribution >= 0.6 is 0 Å². The quantitative estimate of drug-likeness (QED) is 0.517. The van der Waals surface area contributed by atoms with Crippen LogP contribution in [-0.2, 0) is 0 Å². The number of aromatic nitrogens is 2. The first-order chi connectivity index (χ1) is 11.7. The van der Waals surface area contributed by atoms with Gasteiger partial charge in [0.05, 0.1) is 11.0 Å². The zero-order chi connectivity index (χ0) is 16.4. The smallest absolute Gasteiger partial charge is 0.264 e. The molecule has 2 N–H and O–H groups in total. The Kier molecular flexibility index (Phi) is 2.33. The van der Waals surface area contributed by atoms with Gasteiger partial charge in [0, 0.05) is 21.7 Å². The largest absolute Gasteiger partial charge is 0.366 e. The number of para-hydroxylation sites is 2. The van der Waals surface area contributed by atoms with Crippen molar-refractivity contribution >= 4 is 44.1 Å². The third kappa shape index (κ3) is 1.46. The van der Waals surface area contributed by atoms with E-state index in [1.165, 1.54) is 0 Å². The highest BCUT2D eigenvalue weighted by atomic mass is 16.1. The average molecular weight is 313 g/mol. The van der Waals surface area contributed by atoms with E-state index in [4.69, 9.17) is 5.73 Å². The van der Waals surface area contributed by atoms with Gasteiger partial charge >= 0.3 is 0 Å². The summed E-state index contributed by atoms with van der Waals surface area (Å²) in [6, 6.07) is 16.4. The molecule has 0 spiro atoms. The van der Waals surface area contributed by atoms with Gasteiger partial charge in [0.25, 0.3) is 5.56 Å². The van der Waals surface area contributed by atoms with Crippen molar-refractivity contribution in [3.8, 4) is 0 Å². The lowest BCUT2D eigenvalue weighted by atomic mass is 9.98. The number of imidazole rings is 1. The fourth-order valence-electron chi connectivity index (χ4n) is 3.52. The van der Waals surface area contributed by atoms with Crippen molar-refractivity contribution in [1.29, 1.82) is 0 Å². The Morgan fingerprint density at radius 3 is 2.54 bits per heavy atom. The summed E-state index contributed by atoms with van der Waals surface area (Å²) in [5, 5.41) is 2.81. The van der Waals surface area contributed by atoms with Gasteiger partial charge in [-0.1, -0.05) is 30.3 Å². The van der Waals surface area contributed by atoms with Crippen LogP contribution in [0.1, 0.15) is 10.4 Å².